The SMILES string of the molecule is c1ccc(-c2nc(-c3cccc4oc5ccccc5c34)nc(-c3cccc4oc5cc(-n6c7ccccc7c7ccc8c9ccccc9sc8c76)ccc5c34)n2)cc1. The van der Waals surface area contributed by atoms with E-state index in [0.29, 0.717) is 17.5 Å². The molecule has 270 valence electrons. The monoisotopic (exact) mass is 760 g/mol. The highest BCUT2D eigenvalue weighted by molar-refractivity contribution is 7.26. The summed E-state index contributed by atoms with van der Waals surface area (Å²) in [6.07, 6.45) is 0. The summed E-state index contributed by atoms with van der Waals surface area (Å²) in [5, 5.41) is 8.97. The van der Waals surface area contributed by atoms with Crippen LogP contribution in [0, 0.1) is 0 Å². The molecule has 7 heteroatoms. The van der Waals surface area contributed by atoms with Crippen molar-refractivity contribution in [1.29, 1.82) is 0 Å². The van der Waals surface area contributed by atoms with Crippen molar-refractivity contribution in [3.8, 4) is 39.9 Å². The number of aromatic nitrogens is 4. The van der Waals surface area contributed by atoms with Crippen molar-refractivity contribution in [2.24, 2.45) is 0 Å². The Morgan fingerprint density at radius 1 is 0.414 bits per heavy atom. The maximum absolute atomic E-state index is 6.74. The van der Waals surface area contributed by atoms with Crippen LogP contribution in [0.25, 0.3) is 126 Å². The Balaban J connectivity index is 1.04. The molecule has 0 aliphatic heterocycles. The molecule has 8 aromatic carbocycles. The van der Waals surface area contributed by atoms with E-state index in [9.17, 15) is 0 Å². The molecular formula is C51H28N4O2S. The molecule has 6 nitrogen and oxygen atoms in total. The summed E-state index contributed by atoms with van der Waals surface area (Å²) in [7, 11) is 0. The van der Waals surface area contributed by atoms with Crippen LogP contribution >= 0.6 is 11.3 Å². The topological polar surface area (TPSA) is 69.9 Å². The van der Waals surface area contributed by atoms with E-state index in [1.54, 1.807) is 0 Å². The molecule has 0 fully saturated rings. The Hall–Kier alpha value is -7.61. The second-order valence-corrected chi connectivity index (χ2v) is 15.8. The molecule has 0 aliphatic carbocycles. The van der Waals surface area contributed by atoms with Crippen LogP contribution in [0.5, 0.6) is 0 Å². The first kappa shape index (κ1) is 31.6. The summed E-state index contributed by atoms with van der Waals surface area (Å²) in [4.78, 5) is 15.5. The number of para-hydroxylation sites is 2. The molecule has 0 amide bonds. The number of thiophene rings is 1. The van der Waals surface area contributed by atoms with Gasteiger partial charge < -0.3 is 13.4 Å². The minimum atomic E-state index is 0.570. The largest absolute Gasteiger partial charge is 0.456 e. The zero-order valence-electron chi connectivity index (χ0n) is 30.7. The van der Waals surface area contributed by atoms with Crippen LogP contribution in [0.4, 0.5) is 0 Å². The molecule has 0 bridgehead atoms. The molecule has 0 aliphatic rings. The Morgan fingerprint density at radius 3 is 1.79 bits per heavy atom. The van der Waals surface area contributed by atoms with Crippen molar-refractivity contribution in [3.63, 3.8) is 0 Å². The number of nitrogens with zero attached hydrogens (tertiary/aromatic N) is 4. The van der Waals surface area contributed by atoms with Gasteiger partial charge in [-0.05, 0) is 42.5 Å². The Kier molecular flexibility index (Phi) is 6.50. The van der Waals surface area contributed by atoms with Crippen molar-refractivity contribution in [3.05, 3.63) is 170 Å². The average Bonchev–Trinajstić information content (AvgIpc) is 4.05. The average molecular weight is 761 g/mol. The van der Waals surface area contributed by atoms with Gasteiger partial charge in [-0.2, -0.15) is 0 Å². The lowest BCUT2D eigenvalue weighted by Crippen LogP contribution is -2.00. The minimum absolute atomic E-state index is 0.570. The fourth-order valence-corrected chi connectivity index (χ4v) is 10.2. The first-order valence-electron chi connectivity index (χ1n) is 19.3. The molecular weight excluding hydrogens is 733 g/mol. The highest BCUT2D eigenvalue weighted by Gasteiger charge is 2.22. The standard InChI is InChI=1S/C51H28N4O2S/c1-2-12-29(13-3-1)49-52-50(37-17-10-21-41-45(37)35-16-5-8-20-40(35)56-41)54-51(53-49)38-18-11-22-42-46(38)36-25-24-30(28-43(36)57-42)55-39-19-7-4-14-31(39)33-26-27-34-32-15-6-9-23-44(32)58-48(34)47(33)55/h1-28H. The molecule has 13 rings (SSSR count). The van der Waals surface area contributed by atoms with Gasteiger partial charge in [0.2, 0.25) is 0 Å². The van der Waals surface area contributed by atoms with Crippen molar-refractivity contribution in [1.82, 2.24) is 19.5 Å². The Bertz CT molecular complexity index is 3820. The number of fused-ring (bicyclic) bond motifs is 13. The lowest BCUT2D eigenvalue weighted by molar-refractivity contribution is 0.668. The summed E-state index contributed by atoms with van der Waals surface area (Å²) in [5.41, 5.74) is 9.25. The van der Waals surface area contributed by atoms with E-state index in [0.717, 1.165) is 71.8 Å². The summed E-state index contributed by atoms with van der Waals surface area (Å²) in [6.45, 7) is 0. The normalized spacial score (nSPS) is 12.1. The molecule has 58 heavy (non-hydrogen) atoms. The van der Waals surface area contributed by atoms with Crippen LogP contribution in [-0.4, -0.2) is 19.5 Å². The van der Waals surface area contributed by atoms with Crippen LogP contribution < -0.4 is 0 Å². The lowest BCUT2D eigenvalue weighted by atomic mass is 10.0. The molecule has 5 aromatic heterocycles. The zero-order valence-corrected chi connectivity index (χ0v) is 31.5. The van der Waals surface area contributed by atoms with Gasteiger partial charge in [0.15, 0.2) is 17.5 Å². The zero-order chi connectivity index (χ0) is 37.9. The second-order valence-electron chi connectivity index (χ2n) is 14.7. The lowest BCUT2D eigenvalue weighted by Gasteiger charge is -2.10. The highest BCUT2D eigenvalue weighted by Crippen LogP contribution is 2.44. The highest BCUT2D eigenvalue weighted by atomic mass is 32.1. The number of hydrogen-bond acceptors (Lipinski definition) is 6. The van der Waals surface area contributed by atoms with Gasteiger partial charge in [-0.15, -0.1) is 11.3 Å². The van der Waals surface area contributed by atoms with Crippen molar-refractivity contribution in [2.45, 2.75) is 0 Å². The molecule has 0 saturated carbocycles. The first-order chi connectivity index (χ1) is 28.7. The minimum Gasteiger partial charge on any atom is -0.456 e. The molecule has 0 spiro atoms. The molecule has 0 radical (unpaired) electrons. The van der Waals surface area contributed by atoms with Gasteiger partial charge in [0, 0.05) is 76.2 Å². The maximum Gasteiger partial charge on any atom is 0.164 e. The fourth-order valence-electron chi connectivity index (χ4n) is 8.93. The third kappa shape index (κ3) is 4.50. The van der Waals surface area contributed by atoms with Crippen molar-refractivity contribution in [2.75, 3.05) is 0 Å². The van der Waals surface area contributed by atoms with E-state index in [4.69, 9.17) is 23.8 Å². The van der Waals surface area contributed by atoms with E-state index in [1.807, 2.05) is 84.1 Å². The molecule has 0 atom stereocenters. The maximum atomic E-state index is 6.74. The van der Waals surface area contributed by atoms with Crippen LogP contribution in [0.3, 0.4) is 0 Å². The third-order valence-corrected chi connectivity index (χ3v) is 12.7. The number of benzene rings is 8. The summed E-state index contributed by atoms with van der Waals surface area (Å²) in [5.74, 6) is 1.74. The Morgan fingerprint density at radius 2 is 1.00 bits per heavy atom. The summed E-state index contributed by atoms with van der Waals surface area (Å²) in [6, 6.07) is 58.9. The van der Waals surface area contributed by atoms with E-state index in [-0.39, 0.29) is 0 Å². The van der Waals surface area contributed by atoms with Gasteiger partial charge in [-0.3, -0.25) is 0 Å². The van der Waals surface area contributed by atoms with Crippen LogP contribution in [0.15, 0.2) is 179 Å². The Labute approximate surface area is 333 Å². The van der Waals surface area contributed by atoms with Gasteiger partial charge in [-0.25, -0.2) is 15.0 Å². The van der Waals surface area contributed by atoms with E-state index in [1.165, 1.54) is 36.5 Å². The molecule has 13 aromatic rings. The van der Waals surface area contributed by atoms with Crippen molar-refractivity contribution >= 4 is 97.2 Å². The quantitative estimate of drug-likeness (QED) is 0.179. The predicted octanol–water partition coefficient (Wildman–Crippen LogP) is 14.1. The van der Waals surface area contributed by atoms with Gasteiger partial charge in [0.25, 0.3) is 0 Å². The van der Waals surface area contributed by atoms with E-state index >= 15 is 0 Å². The number of furan rings is 2. The number of rotatable bonds is 4. The van der Waals surface area contributed by atoms with Gasteiger partial charge in [0.1, 0.15) is 22.3 Å². The molecule has 0 unspecified atom stereocenters. The molecule has 5 heterocycles. The molecule has 0 saturated heterocycles. The van der Waals surface area contributed by atoms with Gasteiger partial charge >= 0.3 is 0 Å². The number of hydrogen-bond donors (Lipinski definition) is 0. The first-order valence-corrected chi connectivity index (χ1v) is 20.1. The van der Waals surface area contributed by atoms with Crippen LogP contribution in [-0.2, 0) is 0 Å². The third-order valence-electron chi connectivity index (χ3n) is 11.5. The van der Waals surface area contributed by atoms with Gasteiger partial charge in [0.05, 0.1) is 15.7 Å². The summed E-state index contributed by atoms with van der Waals surface area (Å²) >= 11 is 1.85. The summed E-state index contributed by atoms with van der Waals surface area (Å²) < 4.78 is 18.0. The smallest absolute Gasteiger partial charge is 0.164 e. The van der Waals surface area contributed by atoms with Gasteiger partial charge in [-0.1, -0.05) is 121 Å². The fraction of sp³-hybridized carbons (Fsp3) is 0. The second kappa shape index (κ2) is 11.9. The van der Waals surface area contributed by atoms with Crippen LogP contribution in [0.1, 0.15) is 0 Å². The molecule has 0 N–H and O–H groups in total. The van der Waals surface area contributed by atoms with Crippen LogP contribution in [0.2, 0.25) is 0 Å². The van der Waals surface area contributed by atoms with E-state index in [2.05, 4.69) is 102 Å². The van der Waals surface area contributed by atoms with E-state index < -0.39 is 0 Å². The predicted molar refractivity (Wildman–Crippen MR) is 238 cm³/mol. The van der Waals surface area contributed by atoms with Crippen molar-refractivity contribution < 1.29 is 8.83 Å².